The van der Waals surface area contributed by atoms with Gasteiger partial charge in [0.1, 0.15) is 11.5 Å². The zero-order valence-electron chi connectivity index (χ0n) is 15.7. The largest absolute Gasteiger partial charge is 0.464 e. The highest BCUT2D eigenvalue weighted by molar-refractivity contribution is 7.98. The van der Waals surface area contributed by atoms with E-state index in [1.807, 2.05) is 26.2 Å². The van der Waals surface area contributed by atoms with E-state index in [9.17, 15) is 10.1 Å². The maximum Gasteiger partial charge on any atom is 0.274 e. The number of nitrogens with zero attached hydrogens (tertiary/aromatic N) is 2. The Morgan fingerprint density at radius 2 is 2.08 bits per heavy atom. The fourth-order valence-corrected chi connectivity index (χ4v) is 3.78. The van der Waals surface area contributed by atoms with Crippen LogP contribution >= 0.6 is 11.8 Å². The third-order valence-electron chi connectivity index (χ3n) is 4.19. The van der Waals surface area contributed by atoms with E-state index in [1.165, 1.54) is 19.3 Å². The molecule has 0 amide bonds. The summed E-state index contributed by atoms with van der Waals surface area (Å²) in [4.78, 5) is 12.5. The van der Waals surface area contributed by atoms with Gasteiger partial charge in [0.15, 0.2) is 5.82 Å². The predicted molar refractivity (Wildman–Crippen MR) is 105 cm³/mol. The van der Waals surface area contributed by atoms with Crippen LogP contribution in [0.5, 0.6) is 0 Å². The van der Waals surface area contributed by atoms with E-state index in [2.05, 4.69) is 15.5 Å². The summed E-state index contributed by atoms with van der Waals surface area (Å²) in [5.74, 6) is 4.11. The van der Waals surface area contributed by atoms with Crippen molar-refractivity contribution in [3.63, 3.8) is 0 Å². The average molecular weight is 383 g/mol. The first kappa shape index (κ1) is 20.6. The molecule has 0 atom stereocenters. The zero-order chi connectivity index (χ0) is 18.8. The molecule has 1 aromatic heterocycles. The van der Waals surface area contributed by atoms with Crippen molar-refractivity contribution in [3.05, 3.63) is 45.8 Å². The van der Waals surface area contributed by atoms with Gasteiger partial charge >= 0.3 is 0 Å². The molecule has 7 nitrogen and oxygen atoms in total. The Bertz CT molecular complexity index is 583. The van der Waals surface area contributed by atoms with Crippen molar-refractivity contribution in [2.45, 2.75) is 50.4 Å². The number of nitro groups is 1. The Morgan fingerprint density at radius 1 is 1.35 bits per heavy atom. The van der Waals surface area contributed by atoms with Crippen LogP contribution in [0.15, 0.2) is 28.6 Å². The van der Waals surface area contributed by atoms with Crippen LogP contribution in [0.2, 0.25) is 0 Å². The molecule has 26 heavy (non-hydrogen) atoms. The van der Waals surface area contributed by atoms with Crippen molar-refractivity contribution in [1.82, 2.24) is 15.5 Å². The fourth-order valence-electron chi connectivity index (χ4n) is 3.03. The minimum atomic E-state index is -0.402. The summed E-state index contributed by atoms with van der Waals surface area (Å²) in [7, 11) is 4.03. The lowest BCUT2D eigenvalue weighted by atomic mass is 9.95. The second-order valence-corrected chi connectivity index (χ2v) is 8.00. The summed E-state index contributed by atoms with van der Waals surface area (Å²) < 4.78 is 5.78. The summed E-state index contributed by atoms with van der Waals surface area (Å²) in [6.45, 7) is 1.48. The Morgan fingerprint density at radius 3 is 2.77 bits per heavy atom. The zero-order valence-corrected chi connectivity index (χ0v) is 16.5. The van der Waals surface area contributed by atoms with Gasteiger partial charge in [-0.2, -0.15) is 11.8 Å². The summed E-state index contributed by atoms with van der Waals surface area (Å²) in [6, 6.07) is 4.37. The fraction of sp³-hybridized carbons (Fsp3) is 0.667. The molecule has 1 heterocycles. The lowest BCUT2D eigenvalue weighted by molar-refractivity contribution is -0.404. The van der Waals surface area contributed by atoms with Crippen LogP contribution in [0.1, 0.15) is 43.6 Å². The van der Waals surface area contributed by atoms with Crippen LogP contribution in [-0.2, 0) is 12.3 Å². The van der Waals surface area contributed by atoms with Gasteiger partial charge in [0.25, 0.3) is 6.20 Å². The summed E-state index contributed by atoms with van der Waals surface area (Å²) in [5, 5.41) is 17.3. The highest BCUT2D eigenvalue weighted by Crippen LogP contribution is 2.18. The Balaban J connectivity index is 1.68. The summed E-state index contributed by atoms with van der Waals surface area (Å²) in [6.07, 6.45) is 6.86. The van der Waals surface area contributed by atoms with Gasteiger partial charge in [-0.05, 0) is 39.1 Å². The molecule has 2 N–H and O–H groups in total. The molecule has 0 radical (unpaired) electrons. The van der Waals surface area contributed by atoms with E-state index in [-0.39, 0.29) is 0 Å². The molecule has 0 unspecified atom stereocenters. The third kappa shape index (κ3) is 8.14. The number of hydrogen-bond acceptors (Lipinski definition) is 7. The van der Waals surface area contributed by atoms with Gasteiger partial charge in [0, 0.05) is 18.3 Å². The van der Waals surface area contributed by atoms with Crippen LogP contribution in [0.4, 0.5) is 0 Å². The minimum absolute atomic E-state index is 0.341. The molecule has 8 heteroatoms. The molecule has 1 saturated carbocycles. The number of rotatable bonds is 11. The molecule has 1 aromatic rings. The molecule has 1 aliphatic carbocycles. The average Bonchev–Trinajstić information content (AvgIpc) is 3.01. The van der Waals surface area contributed by atoms with Crippen LogP contribution < -0.4 is 10.6 Å². The normalized spacial score (nSPS) is 16.0. The second kappa shape index (κ2) is 11.1. The Labute approximate surface area is 159 Å². The van der Waals surface area contributed by atoms with Crippen molar-refractivity contribution < 1.29 is 9.34 Å². The van der Waals surface area contributed by atoms with Crippen LogP contribution in [-0.4, -0.2) is 42.3 Å². The van der Waals surface area contributed by atoms with E-state index >= 15 is 0 Å². The van der Waals surface area contributed by atoms with Crippen LogP contribution in [0.25, 0.3) is 0 Å². The van der Waals surface area contributed by atoms with Crippen LogP contribution in [0, 0.1) is 10.1 Å². The molecule has 1 aliphatic rings. The Kier molecular flexibility index (Phi) is 8.84. The van der Waals surface area contributed by atoms with Gasteiger partial charge in [0.05, 0.1) is 17.2 Å². The summed E-state index contributed by atoms with van der Waals surface area (Å²) in [5.41, 5.74) is 0. The van der Waals surface area contributed by atoms with Gasteiger partial charge in [-0.15, -0.1) is 0 Å². The first-order valence-electron chi connectivity index (χ1n) is 9.18. The smallest absolute Gasteiger partial charge is 0.274 e. The van der Waals surface area contributed by atoms with Gasteiger partial charge < -0.3 is 20.0 Å². The number of nitrogens with one attached hydrogen (secondary N) is 2. The highest BCUT2D eigenvalue weighted by atomic mass is 32.2. The SMILES string of the molecule is CN(C)Cc1ccc(CSCCNC(=C[N+](=O)[O-])NC2CCCCC2)o1. The molecule has 1 fully saturated rings. The summed E-state index contributed by atoms with van der Waals surface area (Å²) >= 11 is 1.75. The molecular formula is C18H30N4O3S. The molecule has 0 spiro atoms. The first-order chi connectivity index (χ1) is 12.5. The van der Waals surface area contributed by atoms with Crippen molar-refractivity contribution in [2.24, 2.45) is 0 Å². The van der Waals surface area contributed by atoms with Gasteiger partial charge in [0.2, 0.25) is 0 Å². The van der Waals surface area contributed by atoms with Crippen LogP contribution in [0.3, 0.4) is 0 Å². The van der Waals surface area contributed by atoms with E-state index in [4.69, 9.17) is 4.42 Å². The Hall–Kier alpha value is -1.67. The van der Waals surface area contributed by atoms with E-state index < -0.39 is 4.92 Å². The lowest BCUT2D eigenvalue weighted by Gasteiger charge is -2.24. The maximum atomic E-state index is 10.8. The van der Waals surface area contributed by atoms with Gasteiger partial charge in [-0.3, -0.25) is 10.1 Å². The molecule has 0 aliphatic heterocycles. The topological polar surface area (TPSA) is 83.6 Å². The maximum absolute atomic E-state index is 10.8. The van der Waals surface area contributed by atoms with Crippen molar-refractivity contribution in [3.8, 4) is 0 Å². The highest BCUT2D eigenvalue weighted by Gasteiger charge is 2.15. The van der Waals surface area contributed by atoms with E-state index in [0.717, 1.165) is 48.6 Å². The van der Waals surface area contributed by atoms with Gasteiger partial charge in [-0.1, -0.05) is 19.3 Å². The van der Waals surface area contributed by atoms with E-state index in [0.29, 0.717) is 18.4 Å². The van der Waals surface area contributed by atoms with E-state index in [1.54, 1.807) is 11.8 Å². The van der Waals surface area contributed by atoms with Crippen molar-refractivity contribution in [1.29, 1.82) is 0 Å². The number of thioether (sulfide) groups is 1. The molecule has 2 rings (SSSR count). The third-order valence-corrected chi connectivity index (χ3v) is 5.18. The van der Waals surface area contributed by atoms with Gasteiger partial charge in [-0.25, -0.2) is 0 Å². The molecule has 0 aromatic carbocycles. The standard InChI is InChI=1S/C18H30N4O3S/c1-21(2)12-16-8-9-17(25-16)14-26-11-10-19-18(13-22(23)24)20-15-6-4-3-5-7-15/h8-9,13,15,19-20H,3-7,10-12,14H2,1-2H3. The second-order valence-electron chi connectivity index (χ2n) is 6.89. The molecule has 146 valence electrons. The number of hydrogen-bond donors (Lipinski definition) is 2. The minimum Gasteiger partial charge on any atom is -0.464 e. The molecule has 0 saturated heterocycles. The number of furan rings is 1. The van der Waals surface area contributed by atoms with Crippen molar-refractivity contribution >= 4 is 11.8 Å². The molecular weight excluding hydrogens is 352 g/mol. The van der Waals surface area contributed by atoms with Crippen molar-refractivity contribution in [2.75, 3.05) is 26.4 Å². The predicted octanol–water partition coefficient (Wildman–Crippen LogP) is 3.16. The quantitative estimate of drug-likeness (QED) is 0.345. The monoisotopic (exact) mass is 382 g/mol. The molecule has 0 bridgehead atoms. The first-order valence-corrected chi connectivity index (χ1v) is 10.3. The lowest BCUT2D eigenvalue weighted by Crippen LogP contribution is -2.37.